The van der Waals surface area contributed by atoms with Crippen molar-refractivity contribution in [3.63, 3.8) is 0 Å². The molecule has 0 aliphatic heterocycles. The number of aromatic nitrogens is 1. The van der Waals surface area contributed by atoms with Crippen LogP contribution in [0.25, 0.3) is 0 Å². The molecule has 3 N–H and O–H groups in total. The second-order valence-electron chi connectivity index (χ2n) is 4.38. The molecule has 1 amide bonds. The Morgan fingerprint density at radius 3 is 2.68 bits per heavy atom. The van der Waals surface area contributed by atoms with Crippen LogP contribution in [-0.2, 0) is 4.79 Å². The zero-order valence-electron chi connectivity index (χ0n) is 11.8. The molecule has 0 bridgehead atoms. The van der Waals surface area contributed by atoms with Gasteiger partial charge < -0.3 is 16.0 Å². The number of hydrogen-bond acceptors (Lipinski definition) is 4. The normalized spacial score (nSPS) is 10.0. The van der Waals surface area contributed by atoms with Gasteiger partial charge in [-0.2, -0.15) is 0 Å². The van der Waals surface area contributed by atoms with Gasteiger partial charge in [0.2, 0.25) is 5.91 Å². The zero-order chi connectivity index (χ0) is 13.9. The van der Waals surface area contributed by atoms with Gasteiger partial charge in [0.25, 0.3) is 0 Å². The Balaban J connectivity index is 2.30. The van der Waals surface area contributed by atoms with Crippen LogP contribution in [0.1, 0.15) is 33.1 Å². The molecule has 19 heavy (non-hydrogen) atoms. The van der Waals surface area contributed by atoms with Crippen LogP contribution in [0.3, 0.4) is 0 Å². The molecule has 106 valence electrons. The highest BCUT2D eigenvalue weighted by molar-refractivity contribution is 5.76. The van der Waals surface area contributed by atoms with E-state index in [1.165, 1.54) is 0 Å². The summed E-state index contributed by atoms with van der Waals surface area (Å²) in [7, 11) is 0. The molecule has 5 heteroatoms. The third-order valence-electron chi connectivity index (χ3n) is 2.57. The topological polar surface area (TPSA) is 66.0 Å². The molecule has 0 saturated carbocycles. The summed E-state index contributed by atoms with van der Waals surface area (Å²) in [5.74, 6) is 0.954. The van der Waals surface area contributed by atoms with E-state index in [2.05, 4.69) is 27.9 Å². The number of anilines is 2. The van der Waals surface area contributed by atoms with Crippen molar-refractivity contribution < 1.29 is 4.79 Å². The van der Waals surface area contributed by atoms with Crippen molar-refractivity contribution in [3.05, 3.63) is 18.3 Å². The van der Waals surface area contributed by atoms with Gasteiger partial charge in [0.05, 0.1) is 0 Å². The number of amides is 1. The highest BCUT2D eigenvalue weighted by Gasteiger charge is 2.00. The minimum Gasteiger partial charge on any atom is -0.384 e. The van der Waals surface area contributed by atoms with Gasteiger partial charge in [0, 0.05) is 44.0 Å². The van der Waals surface area contributed by atoms with Gasteiger partial charge in [-0.05, 0) is 18.9 Å². The van der Waals surface area contributed by atoms with Gasteiger partial charge in [-0.1, -0.05) is 13.8 Å². The van der Waals surface area contributed by atoms with Crippen molar-refractivity contribution in [2.75, 3.05) is 30.3 Å². The van der Waals surface area contributed by atoms with Crippen molar-refractivity contribution in [1.82, 2.24) is 10.3 Å². The molecule has 0 aliphatic rings. The Kier molecular flexibility index (Phi) is 7.39. The summed E-state index contributed by atoms with van der Waals surface area (Å²) in [5.41, 5.74) is 0.983. The predicted octanol–water partition coefficient (Wildman–Crippen LogP) is 2.23. The van der Waals surface area contributed by atoms with Gasteiger partial charge in [-0.25, -0.2) is 4.98 Å². The Hall–Kier alpha value is -1.78. The lowest BCUT2D eigenvalue weighted by Crippen LogP contribution is -2.25. The molecule has 5 nitrogen and oxygen atoms in total. The largest absolute Gasteiger partial charge is 0.384 e. The fraction of sp³-hybridized carbons (Fsp3) is 0.571. The minimum atomic E-state index is 0.0905. The Morgan fingerprint density at radius 1 is 1.16 bits per heavy atom. The molecular formula is C14H24N4O. The first-order valence-electron chi connectivity index (χ1n) is 6.96. The zero-order valence-corrected chi connectivity index (χ0v) is 11.8. The molecule has 1 aromatic rings. The molecule has 0 saturated heterocycles. The van der Waals surface area contributed by atoms with Crippen molar-refractivity contribution in [2.24, 2.45) is 0 Å². The lowest BCUT2D eigenvalue weighted by molar-refractivity contribution is -0.120. The van der Waals surface area contributed by atoms with Gasteiger partial charge >= 0.3 is 0 Å². The van der Waals surface area contributed by atoms with E-state index in [0.29, 0.717) is 13.0 Å². The predicted molar refractivity (Wildman–Crippen MR) is 79.4 cm³/mol. The van der Waals surface area contributed by atoms with E-state index < -0.39 is 0 Å². The smallest absolute Gasteiger partial charge is 0.221 e. The van der Waals surface area contributed by atoms with E-state index in [1.807, 2.05) is 19.1 Å². The van der Waals surface area contributed by atoms with Crippen LogP contribution in [0.4, 0.5) is 11.5 Å². The molecule has 0 spiro atoms. The van der Waals surface area contributed by atoms with Crippen molar-refractivity contribution in [3.8, 4) is 0 Å². The number of carbonyl (C=O) groups is 1. The second kappa shape index (κ2) is 9.19. The number of nitrogens with one attached hydrogen (secondary N) is 3. The van der Waals surface area contributed by atoms with Crippen LogP contribution in [0, 0.1) is 0 Å². The first-order valence-corrected chi connectivity index (χ1v) is 6.96. The molecule has 0 aliphatic carbocycles. The van der Waals surface area contributed by atoms with Crippen molar-refractivity contribution in [1.29, 1.82) is 0 Å². The monoisotopic (exact) mass is 264 g/mol. The maximum absolute atomic E-state index is 11.4. The molecule has 0 aromatic carbocycles. The fourth-order valence-electron chi connectivity index (χ4n) is 1.56. The standard InChI is InChI=1S/C14H24N4O/c1-3-7-16-13-11-12(5-9-17-13)15-10-6-14(19)18-8-4-2/h5,9,11H,3-4,6-8,10H2,1-2H3,(H,18,19)(H2,15,16,17). The number of carbonyl (C=O) groups excluding carboxylic acids is 1. The first kappa shape index (κ1) is 15.3. The SMILES string of the molecule is CCCNC(=O)CCNc1ccnc(NCCC)c1. The summed E-state index contributed by atoms with van der Waals surface area (Å²) >= 11 is 0. The summed E-state index contributed by atoms with van der Waals surface area (Å²) in [6.07, 6.45) is 4.28. The molecule has 0 unspecified atom stereocenters. The number of rotatable bonds is 9. The van der Waals surface area contributed by atoms with Gasteiger partial charge in [-0.3, -0.25) is 4.79 Å². The Bertz CT molecular complexity index is 381. The molecule has 1 heterocycles. The molecule has 0 radical (unpaired) electrons. The Labute approximate surface area is 115 Å². The maximum Gasteiger partial charge on any atom is 0.221 e. The summed E-state index contributed by atoms with van der Waals surface area (Å²) in [4.78, 5) is 15.7. The number of pyridine rings is 1. The molecule has 1 rings (SSSR count). The third kappa shape index (κ3) is 6.64. The molecular weight excluding hydrogens is 240 g/mol. The minimum absolute atomic E-state index is 0.0905. The lowest BCUT2D eigenvalue weighted by Gasteiger charge is -2.09. The van der Waals surface area contributed by atoms with E-state index in [0.717, 1.165) is 37.4 Å². The van der Waals surface area contributed by atoms with Crippen LogP contribution >= 0.6 is 0 Å². The quantitative estimate of drug-likeness (QED) is 0.640. The average Bonchev–Trinajstić information content (AvgIpc) is 2.43. The highest BCUT2D eigenvalue weighted by Crippen LogP contribution is 2.11. The third-order valence-corrected chi connectivity index (χ3v) is 2.57. The van der Waals surface area contributed by atoms with E-state index in [1.54, 1.807) is 6.20 Å². The maximum atomic E-state index is 11.4. The van der Waals surface area contributed by atoms with Crippen LogP contribution < -0.4 is 16.0 Å². The van der Waals surface area contributed by atoms with E-state index in [-0.39, 0.29) is 5.91 Å². The Morgan fingerprint density at radius 2 is 1.95 bits per heavy atom. The van der Waals surface area contributed by atoms with E-state index >= 15 is 0 Å². The second-order valence-corrected chi connectivity index (χ2v) is 4.38. The highest BCUT2D eigenvalue weighted by atomic mass is 16.1. The van der Waals surface area contributed by atoms with Crippen LogP contribution in [0.2, 0.25) is 0 Å². The fourth-order valence-corrected chi connectivity index (χ4v) is 1.56. The molecule has 0 atom stereocenters. The van der Waals surface area contributed by atoms with Gasteiger partial charge in [0.1, 0.15) is 5.82 Å². The van der Waals surface area contributed by atoms with Gasteiger partial charge in [0.15, 0.2) is 0 Å². The molecule has 0 fully saturated rings. The summed E-state index contributed by atoms with van der Waals surface area (Å²) < 4.78 is 0. The number of hydrogen-bond donors (Lipinski definition) is 3. The number of nitrogens with zero attached hydrogens (tertiary/aromatic N) is 1. The van der Waals surface area contributed by atoms with Crippen molar-refractivity contribution in [2.45, 2.75) is 33.1 Å². The molecule has 1 aromatic heterocycles. The summed E-state index contributed by atoms with van der Waals surface area (Å²) in [5, 5.41) is 9.31. The van der Waals surface area contributed by atoms with Crippen LogP contribution in [0.5, 0.6) is 0 Å². The van der Waals surface area contributed by atoms with Gasteiger partial charge in [-0.15, -0.1) is 0 Å². The first-order chi connectivity index (χ1) is 9.26. The summed E-state index contributed by atoms with van der Waals surface area (Å²) in [6, 6.07) is 3.86. The lowest BCUT2D eigenvalue weighted by atomic mass is 10.3. The van der Waals surface area contributed by atoms with E-state index in [4.69, 9.17) is 0 Å². The average molecular weight is 264 g/mol. The van der Waals surface area contributed by atoms with Crippen LogP contribution in [0.15, 0.2) is 18.3 Å². The van der Waals surface area contributed by atoms with Crippen LogP contribution in [-0.4, -0.2) is 30.5 Å². The van der Waals surface area contributed by atoms with E-state index in [9.17, 15) is 4.79 Å². The van der Waals surface area contributed by atoms with Crippen molar-refractivity contribution >= 4 is 17.4 Å². The summed E-state index contributed by atoms with van der Waals surface area (Å²) in [6.45, 7) is 6.45.